The molecule has 3 rings (SSSR count). The lowest BCUT2D eigenvalue weighted by Crippen LogP contribution is -2.30. The number of hydrogen-bond donors (Lipinski definition) is 1. The van der Waals surface area contributed by atoms with Crippen LogP contribution in [0, 0.1) is 0 Å². The van der Waals surface area contributed by atoms with Crippen molar-refractivity contribution in [3.63, 3.8) is 0 Å². The Bertz CT molecular complexity index is 1100. The van der Waals surface area contributed by atoms with Crippen molar-refractivity contribution in [3.8, 4) is 17.2 Å². The average molecular weight is 480 g/mol. The van der Waals surface area contributed by atoms with Gasteiger partial charge in [-0.2, -0.15) is 0 Å². The molecule has 170 valence electrons. The normalized spacial score (nSPS) is 17.6. The van der Waals surface area contributed by atoms with E-state index in [1.54, 1.807) is 18.2 Å². The molecule has 1 unspecified atom stereocenters. The molecule has 1 saturated heterocycles. The molecule has 0 saturated carbocycles. The van der Waals surface area contributed by atoms with Gasteiger partial charge in [0.05, 0.1) is 43.5 Å². The van der Waals surface area contributed by atoms with Crippen molar-refractivity contribution >= 4 is 40.7 Å². The number of carbonyl (C=O) groups excluding carboxylic acids is 2. The number of Topliss-reactive ketones (excluding diaryl/α,β-unsaturated/α-hetero) is 1. The van der Waals surface area contributed by atoms with Crippen LogP contribution in [0.15, 0.2) is 35.9 Å². The predicted molar refractivity (Wildman–Crippen MR) is 122 cm³/mol. The molecular weight excluding hydrogens is 457 g/mol. The summed E-state index contributed by atoms with van der Waals surface area (Å²) in [7, 11) is 4.33. The van der Waals surface area contributed by atoms with Crippen molar-refractivity contribution < 1.29 is 28.9 Å². The highest BCUT2D eigenvalue weighted by Gasteiger charge is 2.47. The van der Waals surface area contributed by atoms with E-state index < -0.39 is 23.5 Å². The van der Waals surface area contributed by atoms with Crippen LogP contribution in [0.4, 0.5) is 0 Å². The van der Waals surface area contributed by atoms with Gasteiger partial charge in [0.15, 0.2) is 11.5 Å². The molecule has 0 bridgehead atoms. The van der Waals surface area contributed by atoms with Gasteiger partial charge in [0.2, 0.25) is 0 Å². The van der Waals surface area contributed by atoms with E-state index in [-0.39, 0.29) is 26.9 Å². The zero-order chi connectivity index (χ0) is 23.6. The van der Waals surface area contributed by atoms with Gasteiger partial charge in [-0.1, -0.05) is 42.3 Å². The maximum absolute atomic E-state index is 13.1. The molecule has 0 aromatic heterocycles. The summed E-state index contributed by atoms with van der Waals surface area (Å²) in [5, 5.41) is 11.7. The second-order valence-electron chi connectivity index (χ2n) is 7.04. The summed E-state index contributed by atoms with van der Waals surface area (Å²) in [6, 6.07) is 7.11. The average Bonchev–Trinajstić information content (AvgIpc) is 3.02. The third-order valence-electron chi connectivity index (χ3n) is 5.20. The number of likely N-dealkylation sites (tertiary alicyclic amines) is 1. The lowest BCUT2D eigenvalue weighted by atomic mass is 9.94. The van der Waals surface area contributed by atoms with Gasteiger partial charge < -0.3 is 24.2 Å². The van der Waals surface area contributed by atoms with E-state index in [2.05, 4.69) is 0 Å². The van der Waals surface area contributed by atoms with Crippen molar-refractivity contribution in [1.29, 1.82) is 0 Å². The van der Waals surface area contributed by atoms with Crippen LogP contribution < -0.4 is 14.2 Å². The van der Waals surface area contributed by atoms with Gasteiger partial charge >= 0.3 is 0 Å². The fourth-order valence-corrected chi connectivity index (χ4v) is 4.46. The van der Waals surface area contributed by atoms with Crippen LogP contribution in [-0.2, 0) is 9.59 Å². The fourth-order valence-electron chi connectivity index (χ4n) is 3.89. The smallest absolute Gasteiger partial charge is 0.295 e. The molecule has 1 N–H and O–H groups in total. The van der Waals surface area contributed by atoms with Crippen LogP contribution in [-0.4, -0.2) is 49.6 Å². The number of benzene rings is 2. The van der Waals surface area contributed by atoms with E-state index in [0.717, 1.165) is 0 Å². The van der Waals surface area contributed by atoms with E-state index in [0.29, 0.717) is 30.0 Å². The number of ether oxygens (including phenoxy) is 3. The molecule has 32 heavy (non-hydrogen) atoms. The highest BCUT2D eigenvalue weighted by atomic mass is 35.5. The first-order valence-corrected chi connectivity index (χ1v) is 10.6. The van der Waals surface area contributed by atoms with E-state index in [4.69, 9.17) is 37.4 Å². The van der Waals surface area contributed by atoms with E-state index >= 15 is 0 Å². The molecule has 9 heteroatoms. The Kier molecular flexibility index (Phi) is 7.21. The zero-order valence-electron chi connectivity index (χ0n) is 18.1. The van der Waals surface area contributed by atoms with E-state index in [9.17, 15) is 14.7 Å². The van der Waals surface area contributed by atoms with Crippen molar-refractivity contribution in [1.82, 2.24) is 4.90 Å². The Balaban J connectivity index is 2.36. The van der Waals surface area contributed by atoms with Gasteiger partial charge in [0.25, 0.3) is 11.7 Å². The van der Waals surface area contributed by atoms with Crippen LogP contribution in [0.1, 0.15) is 30.5 Å². The summed E-state index contributed by atoms with van der Waals surface area (Å²) in [5.74, 6) is -1.09. The Morgan fingerprint density at radius 2 is 1.75 bits per heavy atom. The predicted octanol–water partition coefficient (Wildman–Crippen LogP) is 4.85. The molecule has 1 amide bonds. The molecule has 2 aromatic rings. The van der Waals surface area contributed by atoms with E-state index in [1.165, 1.54) is 38.4 Å². The largest absolute Gasteiger partial charge is 0.507 e. The summed E-state index contributed by atoms with van der Waals surface area (Å²) < 4.78 is 16.3. The molecule has 1 heterocycles. The number of nitrogens with zero attached hydrogens (tertiary/aromatic N) is 1. The van der Waals surface area contributed by atoms with Crippen molar-refractivity contribution in [3.05, 3.63) is 57.1 Å². The third kappa shape index (κ3) is 3.98. The van der Waals surface area contributed by atoms with Crippen LogP contribution in [0.25, 0.3) is 5.76 Å². The number of carbonyl (C=O) groups is 2. The van der Waals surface area contributed by atoms with Gasteiger partial charge in [-0.3, -0.25) is 9.59 Å². The number of ketones is 1. The Morgan fingerprint density at radius 1 is 1.06 bits per heavy atom. The molecule has 1 atom stereocenters. The maximum Gasteiger partial charge on any atom is 0.295 e. The zero-order valence-corrected chi connectivity index (χ0v) is 19.6. The standard InChI is InChI=1S/C23H23Cl2NO6/c1-5-9-26-18(13-7-6-8-16(30-2)22(13)32-4)17(20(28)23(26)29)19(27)14-10-12(24)11-15(25)21(14)31-3/h6-8,10-11,18,27H,5,9H2,1-4H3/b19-17+. The first-order chi connectivity index (χ1) is 15.3. The number of halogens is 2. The maximum atomic E-state index is 13.1. The molecule has 1 fully saturated rings. The minimum Gasteiger partial charge on any atom is -0.507 e. The van der Waals surface area contributed by atoms with Gasteiger partial charge in [-0.25, -0.2) is 0 Å². The lowest BCUT2D eigenvalue weighted by Gasteiger charge is -2.27. The second kappa shape index (κ2) is 9.71. The first-order valence-electron chi connectivity index (χ1n) is 9.83. The Labute approximate surface area is 196 Å². The number of methoxy groups -OCH3 is 3. The summed E-state index contributed by atoms with van der Waals surface area (Å²) in [4.78, 5) is 27.5. The van der Waals surface area contributed by atoms with Gasteiger partial charge in [-0.05, 0) is 24.6 Å². The number of hydrogen-bond acceptors (Lipinski definition) is 6. The van der Waals surface area contributed by atoms with Crippen molar-refractivity contribution in [2.24, 2.45) is 0 Å². The highest BCUT2D eigenvalue weighted by molar-refractivity contribution is 6.47. The van der Waals surface area contributed by atoms with Gasteiger partial charge in [-0.15, -0.1) is 0 Å². The summed E-state index contributed by atoms with van der Waals surface area (Å²) in [6.45, 7) is 2.18. The van der Waals surface area contributed by atoms with Crippen molar-refractivity contribution in [2.45, 2.75) is 19.4 Å². The quantitative estimate of drug-likeness (QED) is 0.347. The summed E-state index contributed by atoms with van der Waals surface area (Å²) in [5.41, 5.74) is 0.478. The van der Waals surface area contributed by atoms with Crippen molar-refractivity contribution in [2.75, 3.05) is 27.9 Å². The summed E-state index contributed by atoms with van der Waals surface area (Å²) in [6.07, 6.45) is 0.599. The van der Waals surface area contributed by atoms with Crippen LogP contribution in [0.2, 0.25) is 10.0 Å². The van der Waals surface area contributed by atoms with Crippen LogP contribution in [0.5, 0.6) is 17.2 Å². The van der Waals surface area contributed by atoms with Crippen LogP contribution in [0.3, 0.4) is 0 Å². The SMILES string of the molecule is CCCN1C(=O)C(=O)/C(=C(/O)c2cc(Cl)cc(Cl)c2OC)C1c1cccc(OC)c1OC. The minimum absolute atomic E-state index is 0.103. The second-order valence-corrected chi connectivity index (χ2v) is 7.89. The molecule has 0 aliphatic carbocycles. The third-order valence-corrected chi connectivity index (χ3v) is 5.70. The Morgan fingerprint density at radius 3 is 2.34 bits per heavy atom. The number of aliphatic hydroxyl groups is 1. The first kappa shape index (κ1) is 23.8. The summed E-state index contributed by atoms with van der Waals surface area (Å²) >= 11 is 12.4. The Hall–Kier alpha value is -2.90. The molecule has 1 aliphatic rings. The monoisotopic (exact) mass is 479 g/mol. The number of para-hydroxylation sites is 1. The number of rotatable bonds is 7. The molecule has 0 spiro atoms. The van der Waals surface area contributed by atoms with Gasteiger partial charge in [0.1, 0.15) is 11.5 Å². The molecule has 2 aromatic carbocycles. The number of aliphatic hydroxyl groups excluding tert-OH is 1. The minimum atomic E-state index is -0.914. The fraction of sp³-hybridized carbons (Fsp3) is 0.304. The molecule has 1 aliphatic heterocycles. The number of amides is 1. The lowest BCUT2D eigenvalue weighted by molar-refractivity contribution is -0.139. The highest BCUT2D eigenvalue weighted by Crippen LogP contribution is 2.47. The molecule has 7 nitrogen and oxygen atoms in total. The molecule has 0 radical (unpaired) electrons. The molecular formula is C23H23Cl2NO6. The topological polar surface area (TPSA) is 85.3 Å². The van der Waals surface area contributed by atoms with Gasteiger partial charge in [0, 0.05) is 17.1 Å². The van der Waals surface area contributed by atoms with E-state index in [1.807, 2.05) is 6.92 Å². The van der Waals surface area contributed by atoms with Crippen LogP contribution >= 0.6 is 23.2 Å².